The van der Waals surface area contributed by atoms with E-state index in [1.165, 1.54) is 18.4 Å². The molecule has 16 heavy (non-hydrogen) atoms. The van der Waals surface area contributed by atoms with E-state index in [-0.39, 0.29) is 0 Å². The fourth-order valence-corrected chi connectivity index (χ4v) is 1.68. The van der Waals surface area contributed by atoms with Crippen molar-refractivity contribution in [1.29, 1.82) is 0 Å². The standard InChI is InChI=1S/C13H19N3/c1-9(2)11-5-3-4-6-12(11)16-13(14)15-10-7-8-10/h3-6,9-10H,7-8H2,1-2H3,(H3,14,15,16). The number of hydrogen-bond acceptors (Lipinski definition) is 1. The molecule has 0 bridgehead atoms. The maximum Gasteiger partial charge on any atom is 0.193 e. The molecule has 0 unspecified atom stereocenters. The average Bonchev–Trinajstić information content (AvgIpc) is 3.02. The van der Waals surface area contributed by atoms with Gasteiger partial charge in [0.05, 0.1) is 6.04 Å². The van der Waals surface area contributed by atoms with Gasteiger partial charge in [-0.3, -0.25) is 0 Å². The smallest absolute Gasteiger partial charge is 0.193 e. The SMILES string of the molecule is CC(C)c1ccccc1NC(N)=NC1CC1. The molecule has 3 nitrogen and oxygen atoms in total. The molecule has 0 amide bonds. The van der Waals surface area contributed by atoms with Crippen LogP contribution in [-0.4, -0.2) is 12.0 Å². The number of para-hydroxylation sites is 1. The van der Waals surface area contributed by atoms with Crippen LogP contribution in [0.4, 0.5) is 5.69 Å². The fourth-order valence-electron chi connectivity index (χ4n) is 1.68. The monoisotopic (exact) mass is 217 g/mol. The van der Waals surface area contributed by atoms with Crippen molar-refractivity contribution in [2.24, 2.45) is 10.7 Å². The van der Waals surface area contributed by atoms with Gasteiger partial charge in [-0.1, -0.05) is 32.0 Å². The fraction of sp³-hybridized carbons (Fsp3) is 0.462. The van der Waals surface area contributed by atoms with Gasteiger partial charge in [0.25, 0.3) is 0 Å². The van der Waals surface area contributed by atoms with E-state index in [1.54, 1.807) is 0 Å². The minimum absolute atomic E-state index is 0.457. The first-order valence-electron chi connectivity index (χ1n) is 5.86. The van der Waals surface area contributed by atoms with Crippen molar-refractivity contribution in [3.8, 4) is 0 Å². The first kappa shape index (κ1) is 11.0. The van der Waals surface area contributed by atoms with Crippen LogP contribution in [0, 0.1) is 0 Å². The quantitative estimate of drug-likeness (QED) is 0.604. The number of nitrogens with two attached hydrogens (primary N) is 1. The molecule has 3 N–H and O–H groups in total. The molecule has 1 aliphatic carbocycles. The molecule has 1 fully saturated rings. The Morgan fingerprint density at radius 1 is 1.38 bits per heavy atom. The Morgan fingerprint density at radius 3 is 2.69 bits per heavy atom. The molecule has 3 heteroatoms. The first-order chi connectivity index (χ1) is 7.66. The third kappa shape index (κ3) is 2.75. The second-order valence-electron chi connectivity index (χ2n) is 4.61. The van der Waals surface area contributed by atoms with Crippen LogP contribution < -0.4 is 11.1 Å². The zero-order chi connectivity index (χ0) is 11.5. The molecule has 0 heterocycles. The van der Waals surface area contributed by atoms with E-state index >= 15 is 0 Å². The number of benzene rings is 1. The van der Waals surface area contributed by atoms with Crippen LogP contribution in [-0.2, 0) is 0 Å². The topological polar surface area (TPSA) is 50.4 Å². The van der Waals surface area contributed by atoms with Crippen molar-refractivity contribution in [3.63, 3.8) is 0 Å². The highest BCUT2D eigenvalue weighted by molar-refractivity contribution is 5.93. The summed E-state index contributed by atoms with van der Waals surface area (Å²) in [7, 11) is 0. The van der Waals surface area contributed by atoms with E-state index in [2.05, 4.69) is 36.3 Å². The Hall–Kier alpha value is -1.51. The average molecular weight is 217 g/mol. The van der Waals surface area contributed by atoms with Crippen LogP contribution >= 0.6 is 0 Å². The lowest BCUT2D eigenvalue weighted by molar-refractivity contribution is 0.869. The van der Waals surface area contributed by atoms with Gasteiger partial charge in [0.15, 0.2) is 5.96 Å². The highest BCUT2D eigenvalue weighted by Crippen LogP contribution is 2.25. The normalized spacial score (nSPS) is 16.6. The molecule has 0 aromatic heterocycles. The molecule has 1 aromatic rings. The van der Waals surface area contributed by atoms with Crippen LogP contribution in [0.25, 0.3) is 0 Å². The number of hydrogen-bond donors (Lipinski definition) is 2. The van der Waals surface area contributed by atoms with Gasteiger partial charge in [-0.2, -0.15) is 0 Å². The Morgan fingerprint density at radius 2 is 2.06 bits per heavy atom. The Kier molecular flexibility index (Phi) is 3.13. The Bertz CT molecular complexity index is 392. The highest BCUT2D eigenvalue weighted by Gasteiger charge is 2.20. The maximum absolute atomic E-state index is 5.85. The van der Waals surface area contributed by atoms with Crippen LogP contribution in [0.15, 0.2) is 29.3 Å². The number of nitrogens with one attached hydrogen (secondary N) is 1. The zero-order valence-electron chi connectivity index (χ0n) is 9.90. The van der Waals surface area contributed by atoms with Crippen molar-refractivity contribution in [2.75, 3.05) is 5.32 Å². The molecular weight excluding hydrogens is 198 g/mol. The number of rotatable bonds is 3. The highest BCUT2D eigenvalue weighted by atomic mass is 15.1. The minimum atomic E-state index is 0.457. The molecule has 0 radical (unpaired) electrons. The van der Waals surface area contributed by atoms with Crippen LogP contribution in [0.2, 0.25) is 0 Å². The third-order valence-corrected chi connectivity index (χ3v) is 2.71. The van der Waals surface area contributed by atoms with E-state index in [0.29, 0.717) is 17.9 Å². The van der Waals surface area contributed by atoms with Gasteiger partial charge in [0, 0.05) is 5.69 Å². The minimum Gasteiger partial charge on any atom is -0.370 e. The lowest BCUT2D eigenvalue weighted by atomic mass is 10.0. The van der Waals surface area contributed by atoms with Gasteiger partial charge in [0.1, 0.15) is 0 Å². The van der Waals surface area contributed by atoms with E-state index in [4.69, 9.17) is 5.73 Å². The predicted octanol–water partition coefficient (Wildman–Crippen LogP) is 2.70. The van der Waals surface area contributed by atoms with Crippen LogP contribution in [0.3, 0.4) is 0 Å². The predicted molar refractivity (Wildman–Crippen MR) is 68.8 cm³/mol. The summed E-state index contributed by atoms with van der Waals surface area (Å²) in [6.07, 6.45) is 2.35. The largest absolute Gasteiger partial charge is 0.370 e. The summed E-state index contributed by atoms with van der Waals surface area (Å²) in [6.45, 7) is 4.35. The van der Waals surface area contributed by atoms with E-state index in [0.717, 1.165) is 5.69 Å². The molecule has 86 valence electrons. The number of aliphatic imine (C=N–C) groups is 1. The number of anilines is 1. The van der Waals surface area contributed by atoms with Gasteiger partial charge in [0.2, 0.25) is 0 Å². The third-order valence-electron chi connectivity index (χ3n) is 2.71. The summed E-state index contributed by atoms with van der Waals surface area (Å²) in [6, 6.07) is 8.69. The van der Waals surface area contributed by atoms with E-state index < -0.39 is 0 Å². The molecule has 0 saturated heterocycles. The summed E-state index contributed by atoms with van der Waals surface area (Å²) in [5, 5.41) is 3.19. The summed E-state index contributed by atoms with van der Waals surface area (Å²) >= 11 is 0. The van der Waals surface area contributed by atoms with Gasteiger partial charge in [-0.15, -0.1) is 0 Å². The molecule has 0 atom stereocenters. The summed E-state index contributed by atoms with van der Waals surface area (Å²) in [5.74, 6) is 1.02. The maximum atomic E-state index is 5.85. The van der Waals surface area contributed by atoms with Crippen molar-refractivity contribution in [3.05, 3.63) is 29.8 Å². The first-order valence-corrected chi connectivity index (χ1v) is 5.86. The summed E-state index contributed by atoms with van der Waals surface area (Å²) in [5.41, 5.74) is 8.20. The zero-order valence-corrected chi connectivity index (χ0v) is 9.90. The Balaban J connectivity index is 2.13. The van der Waals surface area contributed by atoms with Crippen LogP contribution in [0.1, 0.15) is 38.2 Å². The van der Waals surface area contributed by atoms with Crippen molar-refractivity contribution in [2.45, 2.75) is 38.6 Å². The summed E-state index contributed by atoms with van der Waals surface area (Å²) < 4.78 is 0. The molecular formula is C13H19N3. The Labute approximate surface area is 96.8 Å². The summed E-state index contributed by atoms with van der Waals surface area (Å²) in [4.78, 5) is 4.37. The van der Waals surface area contributed by atoms with Crippen LogP contribution in [0.5, 0.6) is 0 Å². The molecule has 2 rings (SSSR count). The van der Waals surface area contributed by atoms with Crippen molar-refractivity contribution < 1.29 is 0 Å². The second-order valence-corrected chi connectivity index (χ2v) is 4.61. The molecule has 1 aliphatic rings. The van der Waals surface area contributed by atoms with Crippen molar-refractivity contribution in [1.82, 2.24) is 0 Å². The molecule has 1 aromatic carbocycles. The number of guanidine groups is 1. The second kappa shape index (κ2) is 4.56. The molecule has 1 saturated carbocycles. The van der Waals surface area contributed by atoms with E-state index in [9.17, 15) is 0 Å². The lowest BCUT2D eigenvalue weighted by Crippen LogP contribution is -2.23. The number of nitrogens with zero attached hydrogens (tertiary/aromatic N) is 1. The molecule has 0 aliphatic heterocycles. The van der Waals surface area contributed by atoms with E-state index in [1.807, 2.05) is 12.1 Å². The van der Waals surface area contributed by atoms with Gasteiger partial charge in [-0.25, -0.2) is 4.99 Å². The molecule has 0 spiro atoms. The van der Waals surface area contributed by atoms with Gasteiger partial charge < -0.3 is 11.1 Å². The van der Waals surface area contributed by atoms with Gasteiger partial charge in [-0.05, 0) is 30.4 Å². The van der Waals surface area contributed by atoms with Crippen molar-refractivity contribution >= 4 is 11.6 Å². The van der Waals surface area contributed by atoms with Gasteiger partial charge >= 0.3 is 0 Å². The lowest BCUT2D eigenvalue weighted by Gasteiger charge is -2.13.